The summed E-state index contributed by atoms with van der Waals surface area (Å²) in [5.41, 5.74) is 7.19. The van der Waals surface area contributed by atoms with Crippen LogP contribution in [-0.2, 0) is 4.79 Å². The summed E-state index contributed by atoms with van der Waals surface area (Å²) in [6.45, 7) is 5.94. The van der Waals surface area contributed by atoms with Gasteiger partial charge in [-0.3, -0.25) is 4.79 Å². The van der Waals surface area contributed by atoms with E-state index in [0.29, 0.717) is 0 Å². The smallest absolute Gasteiger partial charge is 0.234 e. The number of carbonyl (C=O) groups is 1. The normalized spacial score (nSPS) is 17.5. The quantitative estimate of drug-likeness (QED) is 0.884. The van der Waals surface area contributed by atoms with Crippen LogP contribution in [0.1, 0.15) is 56.3 Å². The number of aryl methyl sites for hydroxylation is 1. The highest BCUT2D eigenvalue weighted by atomic mass is 16.1. The van der Waals surface area contributed by atoms with Gasteiger partial charge in [0.25, 0.3) is 0 Å². The minimum absolute atomic E-state index is 0.00386. The lowest BCUT2D eigenvalue weighted by atomic mass is 10.1. The lowest BCUT2D eigenvalue weighted by Crippen LogP contribution is -2.33. The minimum atomic E-state index is -0.167. The van der Waals surface area contributed by atoms with Gasteiger partial charge >= 0.3 is 0 Å². The molecule has 0 bridgehead atoms. The Morgan fingerprint density at radius 1 is 1.32 bits per heavy atom. The van der Waals surface area contributed by atoms with Crippen molar-refractivity contribution < 1.29 is 4.79 Å². The van der Waals surface area contributed by atoms with E-state index in [4.69, 9.17) is 5.73 Å². The molecule has 6 nitrogen and oxygen atoms in total. The van der Waals surface area contributed by atoms with Crippen molar-refractivity contribution in [3.63, 3.8) is 0 Å². The number of anilines is 1. The first-order valence-electron chi connectivity index (χ1n) is 8.19. The van der Waals surface area contributed by atoms with Crippen LogP contribution in [0.25, 0.3) is 0 Å². The van der Waals surface area contributed by atoms with E-state index >= 15 is 0 Å². The molecule has 0 spiro atoms. The Kier molecular flexibility index (Phi) is 6.12. The van der Waals surface area contributed by atoms with Gasteiger partial charge in [0, 0.05) is 30.5 Å². The Bertz CT molecular complexity index is 497. The first-order valence-corrected chi connectivity index (χ1v) is 8.19. The van der Waals surface area contributed by atoms with Crippen molar-refractivity contribution in [2.24, 2.45) is 5.73 Å². The number of carbonyl (C=O) groups excluding carboxylic acids is 1. The second-order valence-electron chi connectivity index (χ2n) is 5.96. The van der Waals surface area contributed by atoms with Gasteiger partial charge in [-0.2, -0.15) is 0 Å². The van der Waals surface area contributed by atoms with Gasteiger partial charge < -0.3 is 16.0 Å². The first-order chi connectivity index (χ1) is 10.6. The molecular formula is C16H27N5O. The van der Waals surface area contributed by atoms with E-state index in [1.165, 1.54) is 32.1 Å². The number of amides is 1. The van der Waals surface area contributed by atoms with Gasteiger partial charge in [-0.25, -0.2) is 9.97 Å². The predicted molar refractivity (Wildman–Crippen MR) is 87.7 cm³/mol. The van der Waals surface area contributed by atoms with E-state index in [1.807, 2.05) is 20.0 Å². The van der Waals surface area contributed by atoms with E-state index in [9.17, 15) is 4.79 Å². The van der Waals surface area contributed by atoms with E-state index in [-0.39, 0.29) is 18.5 Å². The standard InChI is InChI=1S/C16H27N5O/c1-12(19-15(22)10-17)14-11-18-16(20-13(14)2)21-8-6-4-3-5-7-9-21/h11-12H,3-10,17H2,1-2H3,(H,19,22)/t12-/m1/s1. The van der Waals surface area contributed by atoms with Crippen molar-refractivity contribution in [2.75, 3.05) is 24.5 Å². The average Bonchev–Trinajstić information content (AvgIpc) is 2.46. The highest BCUT2D eigenvalue weighted by Gasteiger charge is 2.16. The number of hydrogen-bond acceptors (Lipinski definition) is 5. The summed E-state index contributed by atoms with van der Waals surface area (Å²) in [4.78, 5) is 22.9. The van der Waals surface area contributed by atoms with E-state index in [2.05, 4.69) is 20.2 Å². The second kappa shape index (κ2) is 8.08. The van der Waals surface area contributed by atoms with Crippen molar-refractivity contribution in [2.45, 2.75) is 52.0 Å². The maximum atomic E-state index is 11.4. The maximum Gasteiger partial charge on any atom is 0.234 e. The van der Waals surface area contributed by atoms with Crippen molar-refractivity contribution in [3.8, 4) is 0 Å². The highest BCUT2D eigenvalue weighted by Crippen LogP contribution is 2.20. The van der Waals surface area contributed by atoms with Crippen LogP contribution in [0.5, 0.6) is 0 Å². The third-order valence-electron chi connectivity index (χ3n) is 4.17. The highest BCUT2D eigenvalue weighted by molar-refractivity contribution is 5.78. The van der Waals surface area contributed by atoms with Crippen molar-refractivity contribution in [1.29, 1.82) is 0 Å². The lowest BCUT2D eigenvalue weighted by Gasteiger charge is -2.25. The van der Waals surface area contributed by atoms with Crippen LogP contribution in [0.4, 0.5) is 5.95 Å². The average molecular weight is 305 g/mol. The summed E-state index contributed by atoms with van der Waals surface area (Å²) in [6.07, 6.45) is 8.15. The summed E-state index contributed by atoms with van der Waals surface area (Å²) < 4.78 is 0. The fraction of sp³-hybridized carbons (Fsp3) is 0.688. The summed E-state index contributed by atoms with van der Waals surface area (Å²) in [5.74, 6) is 0.639. The molecule has 0 aromatic carbocycles. The van der Waals surface area contributed by atoms with Gasteiger partial charge in [0.05, 0.1) is 12.6 Å². The molecule has 1 atom stereocenters. The molecule has 1 aliphatic rings. The maximum absolute atomic E-state index is 11.4. The van der Waals surface area contributed by atoms with Crippen LogP contribution >= 0.6 is 0 Å². The number of nitrogens with one attached hydrogen (secondary N) is 1. The van der Waals surface area contributed by atoms with Crippen molar-refractivity contribution in [3.05, 3.63) is 17.5 Å². The molecule has 1 aliphatic heterocycles. The molecule has 122 valence electrons. The third kappa shape index (κ3) is 4.40. The summed E-state index contributed by atoms with van der Waals surface area (Å²) in [6, 6.07) is -0.127. The Morgan fingerprint density at radius 3 is 2.55 bits per heavy atom. The number of hydrogen-bond donors (Lipinski definition) is 2. The van der Waals surface area contributed by atoms with Crippen LogP contribution in [0, 0.1) is 6.92 Å². The van der Waals surface area contributed by atoms with E-state index in [1.54, 1.807) is 0 Å². The molecule has 2 rings (SSSR count). The van der Waals surface area contributed by atoms with Gasteiger partial charge in [0.1, 0.15) is 0 Å². The van der Waals surface area contributed by atoms with Crippen LogP contribution in [0.15, 0.2) is 6.20 Å². The number of aromatic nitrogens is 2. The van der Waals surface area contributed by atoms with Crippen molar-refractivity contribution in [1.82, 2.24) is 15.3 Å². The molecule has 0 unspecified atom stereocenters. The predicted octanol–water partition coefficient (Wildman–Crippen LogP) is 1.69. The Labute approximate surface area is 132 Å². The van der Waals surface area contributed by atoms with Gasteiger partial charge in [0.2, 0.25) is 11.9 Å². The van der Waals surface area contributed by atoms with E-state index in [0.717, 1.165) is 30.3 Å². The van der Waals surface area contributed by atoms with Crippen molar-refractivity contribution >= 4 is 11.9 Å². The Morgan fingerprint density at radius 2 is 1.95 bits per heavy atom. The van der Waals surface area contributed by atoms with Crippen LogP contribution in [-0.4, -0.2) is 35.5 Å². The van der Waals surface area contributed by atoms with Crippen LogP contribution in [0.2, 0.25) is 0 Å². The first kappa shape index (κ1) is 16.7. The van der Waals surface area contributed by atoms with Gasteiger partial charge in [0.15, 0.2) is 0 Å². The Hall–Kier alpha value is -1.69. The fourth-order valence-corrected chi connectivity index (χ4v) is 2.87. The molecule has 0 saturated carbocycles. The summed E-state index contributed by atoms with van der Waals surface area (Å²) >= 11 is 0. The van der Waals surface area contributed by atoms with Gasteiger partial charge in [-0.05, 0) is 26.7 Å². The zero-order valence-corrected chi connectivity index (χ0v) is 13.6. The molecule has 1 aromatic rings. The second-order valence-corrected chi connectivity index (χ2v) is 5.96. The van der Waals surface area contributed by atoms with Crippen LogP contribution in [0.3, 0.4) is 0 Å². The molecule has 1 aromatic heterocycles. The van der Waals surface area contributed by atoms with Gasteiger partial charge in [-0.1, -0.05) is 19.3 Å². The minimum Gasteiger partial charge on any atom is -0.348 e. The fourth-order valence-electron chi connectivity index (χ4n) is 2.87. The molecule has 1 saturated heterocycles. The third-order valence-corrected chi connectivity index (χ3v) is 4.17. The topological polar surface area (TPSA) is 84.1 Å². The summed E-state index contributed by atoms with van der Waals surface area (Å²) in [7, 11) is 0. The molecule has 22 heavy (non-hydrogen) atoms. The SMILES string of the molecule is Cc1nc(N2CCCCCCC2)ncc1[C@@H](C)NC(=O)CN. The van der Waals surface area contributed by atoms with Gasteiger partial charge in [-0.15, -0.1) is 0 Å². The molecule has 0 radical (unpaired) electrons. The molecule has 0 aliphatic carbocycles. The molecule has 1 amide bonds. The zero-order valence-electron chi connectivity index (χ0n) is 13.6. The number of nitrogens with two attached hydrogens (primary N) is 1. The summed E-state index contributed by atoms with van der Waals surface area (Å²) in [5, 5.41) is 2.85. The van der Waals surface area contributed by atoms with E-state index < -0.39 is 0 Å². The lowest BCUT2D eigenvalue weighted by molar-refractivity contribution is -0.120. The zero-order chi connectivity index (χ0) is 15.9. The Balaban J connectivity index is 2.09. The molecule has 3 N–H and O–H groups in total. The molecule has 6 heteroatoms. The molecule has 1 fully saturated rings. The molecular weight excluding hydrogens is 278 g/mol. The number of rotatable bonds is 4. The van der Waals surface area contributed by atoms with Crippen LogP contribution < -0.4 is 16.0 Å². The monoisotopic (exact) mass is 305 g/mol. The number of nitrogens with zero attached hydrogens (tertiary/aromatic N) is 3. The molecule has 2 heterocycles. The largest absolute Gasteiger partial charge is 0.348 e.